The highest BCUT2D eigenvalue weighted by Crippen LogP contribution is 2.39. The van der Waals surface area contributed by atoms with Crippen LogP contribution < -0.4 is 4.74 Å². The summed E-state index contributed by atoms with van der Waals surface area (Å²) in [4.78, 5) is 0.0812. The Hall–Kier alpha value is -1.34. The first-order valence-electron chi connectivity index (χ1n) is 5.35. The minimum absolute atomic E-state index is 0.0812. The standard InChI is InChI=1S/C12H12BrNO4S/c1-7-12(19(3,15)16)11(14-18-7)10-8(13)5-4-6-9(10)17-2/h4-6H,1-3H3. The van der Waals surface area contributed by atoms with E-state index in [0.29, 0.717) is 15.8 Å². The fourth-order valence-electron chi connectivity index (χ4n) is 1.86. The Morgan fingerprint density at radius 3 is 2.63 bits per heavy atom. The van der Waals surface area contributed by atoms with Crippen molar-refractivity contribution in [3.05, 3.63) is 28.4 Å². The molecule has 1 aromatic carbocycles. The van der Waals surface area contributed by atoms with Crippen LogP contribution in [0.15, 0.2) is 32.1 Å². The average molecular weight is 346 g/mol. The predicted molar refractivity (Wildman–Crippen MR) is 74.0 cm³/mol. The van der Waals surface area contributed by atoms with Gasteiger partial charge in [0.25, 0.3) is 0 Å². The molecule has 0 atom stereocenters. The van der Waals surface area contributed by atoms with Crippen LogP contribution in [-0.2, 0) is 9.84 Å². The Morgan fingerprint density at radius 1 is 1.37 bits per heavy atom. The molecule has 7 heteroatoms. The van der Waals surface area contributed by atoms with E-state index in [0.717, 1.165) is 6.26 Å². The van der Waals surface area contributed by atoms with E-state index in [-0.39, 0.29) is 16.3 Å². The summed E-state index contributed by atoms with van der Waals surface area (Å²) in [7, 11) is -1.93. The van der Waals surface area contributed by atoms with E-state index < -0.39 is 9.84 Å². The summed E-state index contributed by atoms with van der Waals surface area (Å²) < 4.78 is 34.7. The molecule has 0 aliphatic rings. The second-order valence-electron chi connectivity index (χ2n) is 4.01. The molecule has 2 rings (SSSR count). The van der Waals surface area contributed by atoms with Gasteiger partial charge in [0.2, 0.25) is 0 Å². The highest BCUT2D eigenvalue weighted by molar-refractivity contribution is 9.10. The number of rotatable bonds is 3. The lowest BCUT2D eigenvalue weighted by Gasteiger charge is -2.09. The zero-order valence-electron chi connectivity index (χ0n) is 10.6. The van der Waals surface area contributed by atoms with Gasteiger partial charge in [-0.15, -0.1) is 0 Å². The van der Waals surface area contributed by atoms with Gasteiger partial charge < -0.3 is 9.26 Å². The molecule has 0 saturated carbocycles. The van der Waals surface area contributed by atoms with Gasteiger partial charge in [-0.2, -0.15) is 0 Å². The molecule has 102 valence electrons. The minimum atomic E-state index is -3.44. The molecule has 0 saturated heterocycles. The first-order chi connectivity index (χ1) is 8.86. The number of ether oxygens (including phenoxy) is 1. The van der Waals surface area contributed by atoms with Crippen LogP contribution in [0.4, 0.5) is 0 Å². The Balaban J connectivity index is 2.82. The zero-order chi connectivity index (χ0) is 14.2. The summed E-state index contributed by atoms with van der Waals surface area (Å²) in [6.07, 6.45) is 1.12. The van der Waals surface area contributed by atoms with Crippen molar-refractivity contribution in [2.24, 2.45) is 0 Å². The number of aryl methyl sites for hydroxylation is 1. The molecule has 0 bridgehead atoms. The molecule has 0 radical (unpaired) electrons. The Kier molecular flexibility index (Phi) is 3.69. The molecule has 0 aliphatic carbocycles. The van der Waals surface area contributed by atoms with Crippen molar-refractivity contribution in [3.63, 3.8) is 0 Å². The van der Waals surface area contributed by atoms with Crippen molar-refractivity contribution < 1.29 is 17.7 Å². The van der Waals surface area contributed by atoms with Crippen LogP contribution in [-0.4, -0.2) is 26.9 Å². The molecular formula is C12H12BrNO4S. The maximum atomic E-state index is 11.9. The molecule has 0 amide bonds. The topological polar surface area (TPSA) is 69.4 Å². The highest BCUT2D eigenvalue weighted by Gasteiger charge is 2.26. The number of nitrogens with zero attached hydrogens (tertiary/aromatic N) is 1. The lowest BCUT2D eigenvalue weighted by Crippen LogP contribution is -2.01. The van der Waals surface area contributed by atoms with Gasteiger partial charge in [0.1, 0.15) is 16.3 Å². The quantitative estimate of drug-likeness (QED) is 0.855. The van der Waals surface area contributed by atoms with E-state index in [4.69, 9.17) is 9.26 Å². The number of benzene rings is 1. The molecule has 1 heterocycles. The van der Waals surface area contributed by atoms with Crippen molar-refractivity contribution in [1.82, 2.24) is 5.16 Å². The third-order valence-electron chi connectivity index (χ3n) is 2.61. The molecule has 0 spiro atoms. The lowest BCUT2D eigenvalue weighted by molar-refractivity contribution is 0.394. The van der Waals surface area contributed by atoms with Crippen LogP contribution in [0.25, 0.3) is 11.3 Å². The summed E-state index contributed by atoms with van der Waals surface area (Å²) in [6.45, 7) is 1.57. The molecule has 0 N–H and O–H groups in total. The van der Waals surface area contributed by atoms with Gasteiger partial charge in [-0.25, -0.2) is 8.42 Å². The van der Waals surface area contributed by atoms with Crippen molar-refractivity contribution in [2.75, 3.05) is 13.4 Å². The Morgan fingerprint density at radius 2 is 2.05 bits per heavy atom. The van der Waals surface area contributed by atoms with Crippen LogP contribution in [0.1, 0.15) is 5.76 Å². The van der Waals surface area contributed by atoms with E-state index >= 15 is 0 Å². The predicted octanol–water partition coefficient (Wildman–Crippen LogP) is 2.82. The van der Waals surface area contributed by atoms with Crippen molar-refractivity contribution in [1.29, 1.82) is 0 Å². The number of sulfone groups is 1. The SMILES string of the molecule is COc1cccc(Br)c1-c1noc(C)c1S(C)(=O)=O. The maximum absolute atomic E-state index is 11.9. The fraction of sp³-hybridized carbons (Fsp3) is 0.250. The van der Waals surface area contributed by atoms with Gasteiger partial charge in [-0.05, 0) is 35.0 Å². The van der Waals surface area contributed by atoms with E-state index in [1.807, 2.05) is 0 Å². The molecule has 0 aliphatic heterocycles. The highest BCUT2D eigenvalue weighted by atomic mass is 79.9. The van der Waals surface area contributed by atoms with Gasteiger partial charge in [0.05, 0.1) is 12.7 Å². The van der Waals surface area contributed by atoms with Crippen LogP contribution in [0, 0.1) is 6.92 Å². The average Bonchev–Trinajstić information content (AvgIpc) is 2.70. The fourth-order valence-corrected chi connectivity index (χ4v) is 3.45. The van der Waals surface area contributed by atoms with Crippen LogP contribution in [0.5, 0.6) is 5.75 Å². The molecule has 0 unspecified atom stereocenters. The molecule has 19 heavy (non-hydrogen) atoms. The van der Waals surface area contributed by atoms with Gasteiger partial charge in [-0.3, -0.25) is 0 Å². The molecule has 5 nitrogen and oxygen atoms in total. The van der Waals surface area contributed by atoms with Gasteiger partial charge in [0.15, 0.2) is 15.6 Å². The number of aromatic nitrogens is 1. The second kappa shape index (κ2) is 4.97. The van der Waals surface area contributed by atoms with Crippen LogP contribution in [0.2, 0.25) is 0 Å². The summed E-state index contributed by atoms with van der Waals surface area (Å²) in [6, 6.07) is 5.31. The summed E-state index contributed by atoms with van der Waals surface area (Å²) >= 11 is 3.38. The monoisotopic (exact) mass is 345 g/mol. The van der Waals surface area contributed by atoms with E-state index in [1.165, 1.54) is 7.11 Å². The van der Waals surface area contributed by atoms with Gasteiger partial charge >= 0.3 is 0 Å². The smallest absolute Gasteiger partial charge is 0.181 e. The number of hydrogen-bond acceptors (Lipinski definition) is 5. The van der Waals surface area contributed by atoms with Crippen molar-refractivity contribution in [2.45, 2.75) is 11.8 Å². The zero-order valence-corrected chi connectivity index (χ0v) is 13.0. The maximum Gasteiger partial charge on any atom is 0.181 e. The normalized spacial score (nSPS) is 11.6. The van der Waals surface area contributed by atoms with Crippen molar-refractivity contribution >= 4 is 25.8 Å². The number of methoxy groups -OCH3 is 1. The van der Waals surface area contributed by atoms with E-state index in [1.54, 1.807) is 25.1 Å². The van der Waals surface area contributed by atoms with Crippen LogP contribution in [0.3, 0.4) is 0 Å². The van der Waals surface area contributed by atoms with E-state index in [2.05, 4.69) is 21.1 Å². The second-order valence-corrected chi connectivity index (χ2v) is 6.81. The van der Waals surface area contributed by atoms with Crippen LogP contribution >= 0.6 is 15.9 Å². The van der Waals surface area contributed by atoms with Gasteiger partial charge in [0, 0.05) is 10.7 Å². The molecular weight excluding hydrogens is 334 g/mol. The Bertz CT molecular complexity index is 721. The first-order valence-corrected chi connectivity index (χ1v) is 8.04. The molecule has 1 aromatic heterocycles. The summed E-state index contributed by atoms with van der Waals surface area (Å²) in [5.41, 5.74) is 0.812. The number of hydrogen-bond donors (Lipinski definition) is 0. The van der Waals surface area contributed by atoms with E-state index in [9.17, 15) is 8.42 Å². The molecule has 2 aromatic rings. The molecule has 0 fully saturated rings. The third-order valence-corrected chi connectivity index (χ3v) is 4.49. The largest absolute Gasteiger partial charge is 0.496 e. The first kappa shape index (κ1) is 14.1. The Labute approximate surface area is 119 Å². The summed E-state index contributed by atoms with van der Waals surface area (Å²) in [5, 5.41) is 3.86. The summed E-state index contributed by atoms with van der Waals surface area (Å²) in [5.74, 6) is 0.780. The number of halogens is 1. The van der Waals surface area contributed by atoms with Crippen molar-refractivity contribution in [3.8, 4) is 17.0 Å². The van der Waals surface area contributed by atoms with Gasteiger partial charge in [-0.1, -0.05) is 11.2 Å². The third kappa shape index (κ3) is 2.52. The lowest BCUT2D eigenvalue weighted by atomic mass is 10.1. The minimum Gasteiger partial charge on any atom is -0.496 e.